The molecule has 26 heavy (non-hydrogen) atoms. The van der Waals surface area contributed by atoms with Crippen molar-refractivity contribution in [1.82, 2.24) is 10.2 Å². The summed E-state index contributed by atoms with van der Waals surface area (Å²) >= 11 is 0. The minimum atomic E-state index is -0.819. The Balaban J connectivity index is 1.78. The number of hydrogen-bond donors (Lipinski definition) is 3. The number of urea groups is 1. The summed E-state index contributed by atoms with van der Waals surface area (Å²) in [4.78, 5) is 24.9. The average molecular weight is 363 g/mol. The summed E-state index contributed by atoms with van der Waals surface area (Å²) in [5.41, 5.74) is 0.681. The molecule has 0 saturated heterocycles. The fourth-order valence-corrected chi connectivity index (χ4v) is 2.99. The molecule has 0 heterocycles. The molecule has 1 saturated carbocycles. The second-order valence-electron chi connectivity index (χ2n) is 6.74. The normalized spacial score (nSPS) is 20.2. The molecule has 7 heteroatoms. The van der Waals surface area contributed by atoms with Crippen LogP contribution in [0.3, 0.4) is 0 Å². The Hall–Kier alpha value is -2.28. The van der Waals surface area contributed by atoms with Crippen molar-refractivity contribution in [3.63, 3.8) is 0 Å². The van der Waals surface area contributed by atoms with Crippen molar-refractivity contribution in [2.45, 2.75) is 58.2 Å². The molecule has 1 aromatic rings. The van der Waals surface area contributed by atoms with Gasteiger partial charge in [-0.2, -0.15) is 0 Å². The number of carbonyl (C=O) groups excluding carboxylic acids is 1. The van der Waals surface area contributed by atoms with Gasteiger partial charge in [0.2, 0.25) is 0 Å². The maximum Gasteiger partial charge on any atom is 0.319 e. The van der Waals surface area contributed by atoms with Gasteiger partial charge in [0.05, 0.1) is 12.6 Å². The zero-order chi connectivity index (χ0) is 19.1. The van der Waals surface area contributed by atoms with Crippen LogP contribution in [0.5, 0.6) is 5.75 Å². The Kier molecular flexibility index (Phi) is 7.26. The van der Waals surface area contributed by atoms with Gasteiger partial charge in [-0.1, -0.05) is 19.9 Å². The Morgan fingerprint density at radius 2 is 2.08 bits per heavy atom. The number of benzene rings is 1. The molecule has 1 aromatic carbocycles. The maximum absolute atomic E-state index is 12.2. The lowest BCUT2D eigenvalue weighted by molar-refractivity contribution is -0.139. The molecule has 1 fully saturated rings. The van der Waals surface area contributed by atoms with Crippen LogP contribution >= 0.6 is 0 Å². The van der Waals surface area contributed by atoms with Crippen LogP contribution in [0.25, 0.3) is 0 Å². The highest BCUT2D eigenvalue weighted by Gasteiger charge is 2.34. The van der Waals surface area contributed by atoms with Crippen LogP contribution in [-0.2, 0) is 4.79 Å². The predicted octanol–water partition coefficient (Wildman–Crippen LogP) is 2.92. The van der Waals surface area contributed by atoms with Crippen LogP contribution in [0, 0.1) is 0 Å². The van der Waals surface area contributed by atoms with Gasteiger partial charge in [-0.05, 0) is 44.9 Å². The standard InChI is InChI=1S/C19H29N3O4/c1-4-13(3)26-17-8-6-7-14(11-17)20-19(25)21-15-9-16(10-15)22(5-2)12-18(23)24/h6-8,11,13,15-16H,4-5,9-10,12H2,1-3H3,(H,23,24)(H2,20,21,25). The van der Waals surface area contributed by atoms with E-state index in [0.29, 0.717) is 12.2 Å². The van der Waals surface area contributed by atoms with Crippen molar-refractivity contribution in [3.05, 3.63) is 24.3 Å². The third-order valence-corrected chi connectivity index (χ3v) is 4.71. The molecule has 144 valence electrons. The summed E-state index contributed by atoms with van der Waals surface area (Å²) in [6, 6.07) is 7.37. The number of anilines is 1. The number of nitrogens with zero attached hydrogens (tertiary/aromatic N) is 1. The van der Waals surface area contributed by atoms with Crippen LogP contribution in [0.4, 0.5) is 10.5 Å². The average Bonchev–Trinajstić information content (AvgIpc) is 2.56. The topological polar surface area (TPSA) is 90.9 Å². The second-order valence-corrected chi connectivity index (χ2v) is 6.74. The van der Waals surface area contributed by atoms with Crippen LogP contribution in [0.1, 0.15) is 40.0 Å². The fourth-order valence-electron chi connectivity index (χ4n) is 2.99. The highest BCUT2D eigenvalue weighted by Crippen LogP contribution is 2.26. The minimum Gasteiger partial charge on any atom is -0.491 e. The number of carbonyl (C=O) groups is 2. The van der Waals surface area contributed by atoms with Gasteiger partial charge in [-0.15, -0.1) is 0 Å². The largest absolute Gasteiger partial charge is 0.491 e. The van der Waals surface area contributed by atoms with E-state index in [0.717, 1.165) is 25.0 Å². The van der Waals surface area contributed by atoms with E-state index in [-0.39, 0.29) is 30.8 Å². The van der Waals surface area contributed by atoms with E-state index in [2.05, 4.69) is 17.6 Å². The van der Waals surface area contributed by atoms with E-state index in [9.17, 15) is 9.59 Å². The predicted molar refractivity (Wildman–Crippen MR) is 101 cm³/mol. The molecule has 1 atom stereocenters. The summed E-state index contributed by atoms with van der Waals surface area (Å²) in [6.07, 6.45) is 2.58. The van der Waals surface area contributed by atoms with Crippen molar-refractivity contribution < 1.29 is 19.4 Å². The van der Waals surface area contributed by atoms with Crippen molar-refractivity contribution in [1.29, 1.82) is 0 Å². The molecular weight excluding hydrogens is 334 g/mol. The third-order valence-electron chi connectivity index (χ3n) is 4.71. The number of ether oxygens (including phenoxy) is 1. The summed E-state index contributed by atoms with van der Waals surface area (Å²) in [7, 11) is 0. The lowest BCUT2D eigenvalue weighted by atomic mass is 9.85. The molecule has 1 unspecified atom stereocenters. The SMILES string of the molecule is CCC(C)Oc1cccc(NC(=O)NC2CC(N(CC)CC(=O)O)C2)c1. The van der Waals surface area contributed by atoms with Crippen molar-refractivity contribution in [3.8, 4) is 5.75 Å². The molecule has 1 aliphatic rings. The first-order valence-corrected chi connectivity index (χ1v) is 9.21. The third kappa shape index (κ3) is 5.91. The van der Waals surface area contributed by atoms with Gasteiger partial charge < -0.3 is 20.5 Å². The zero-order valence-corrected chi connectivity index (χ0v) is 15.7. The van der Waals surface area contributed by atoms with Crippen LogP contribution < -0.4 is 15.4 Å². The van der Waals surface area contributed by atoms with Gasteiger partial charge >= 0.3 is 12.0 Å². The molecule has 2 rings (SSSR count). The molecule has 0 aromatic heterocycles. The van der Waals surface area contributed by atoms with E-state index in [4.69, 9.17) is 9.84 Å². The van der Waals surface area contributed by atoms with Crippen LogP contribution in [0.15, 0.2) is 24.3 Å². The Morgan fingerprint density at radius 1 is 1.35 bits per heavy atom. The van der Waals surface area contributed by atoms with Crippen molar-refractivity contribution >= 4 is 17.7 Å². The quantitative estimate of drug-likeness (QED) is 0.627. The second kappa shape index (κ2) is 9.43. The number of carboxylic acid groups (broad SMARTS) is 1. The zero-order valence-electron chi connectivity index (χ0n) is 15.7. The number of rotatable bonds is 9. The molecular formula is C19H29N3O4. The highest BCUT2D eigenvalue weighted by molar-refractivity contribution is 5.89. The monoisotopic (exact) mass is 363 g/mol. The van der Waals surface area contributed by atoms with Crippen molar-refractivity contribution in [2.24, 2.45) is 0 Å². The first-order chi connectivity index (χ1) is 12.4. The van der Waals surface area contributed by atoms with Crippen molar-refractivity contribution in [2.75, 3.05) is 18.4 Å². The van der Waals surface area contributed by atoms with E-state index < -0.39 is 5.97 Å². The summed E-state index contributed by atoms with van der Waals surface area (Å²) < 4.78 is 5.76. The molecule has 1 aliphatic carbocycles. The molecule has 0 spiro atoms. The summed E-state index contributed by atoms with van der Waals surface area (Å²) in [5, 5.41) is 14.7. The van der Waals surface area contributed by atoms with E-state index in [1.165, 1.54) is 0 Å². The molecule has 3 N–H and O–H groups in total. The summed E-state index contributed by atoms with van der Waals surface area (Å²) in [6.45, 7) is 6.75. The molecule has 0 aliphatic heterocycles. The number of likely N-dealkylation sites (N-methyl/N-ethyl adjacent to an activating group) is 1. The minimum absolute atomic E-state index is 0.0447. The first kappa shape index (κ1) is 20.0. The number of carboxylic acids is 1. The number of hydrogen-bond acceptors (Lipinski definition) is 4. The highest BCUT2D eigenvalue weighted by atomic mass is 16.5. The van der Waals surface area contributed by atoms with E-state index in [1.807, 2.05) is 36.9 Å². The van der Waals surface area contributed by atoms with Gasteiger partial charge in [-0.25, -0.2) is 4.79 Å². The first-order valence-electron chi connectivity index (χ1n) is 9.21. The van der Waals surface area contributed by atoms with E-state index in [1.54, 1.807) is 6.07 Å². The molecule has 0 bridgehead atoms. The Morgan fingerprint density at radius 3 is 2.69 bits per heavy atom. The van der Waals surface area contributed by atoms with Crippen LogP contribution in [-0.4, -0.2) is 53.3 Å². The Bertz CT molecular complexity index is 617. The fraction of sp³-hybridized carbons (Fsp3) is 0.579. The lowest BCUT2D eigenvalue weighted by Crippen LogP contribution is -2.55. The molecule has 2 amide bonds. The van der Waals surface area contributed by atoms with Crippen LogP contribution in [0.2, 0.25) is 0 Å². The maximum atomic E-state index is 12.2. The van der Waals surface area contributed by atoms with Gasteiger partial charge in [0.15, 0.2) is 0 Å². The molecule has 0 radical (unpaired) electrons. The molecule has 7 nitrogen and oxygen atoms in total. The van der Waals surface area contributed by atoms with Gasteiger partial charge in [-0.3, -0.25) is 9.69 Å². The van der Waals surface area contributed by atoms with E-state index >= 15 is 0 Å². The number of nitrogens with one attached hydrogen (secondary N) is 2. The lowest BCUT2D eigenvalue weighted by Gasteiger charge is -2.42. The smallest absolute Gasteiger partial charge is 0.319 e. The number of amides is 2. The van der Waals surface area contributed by atoms with Gasteiger partial charge in [0.1, 0.15) is 5.75 Å². The van der Waals surface area contributed by atoms with Gasteiger partial charge in [0, 0.05) is 23.8 Å². The Labute approximate surface area is 154 Å². The summed E-state index contributed by atoms with van der Waals surface area (Å²) in [5.74, 6) is -0.0892. The van der Waals surface area contributed by atoms with Gasteiger partial charge in [0.25, 0.3) is 0 Å². The number of aliphatic carboxylic acids is 1.